The second-order valence-electron chi connectivity index (χ2n) is 3.28. The van der Waals surface area contributed by atoms with Gasteiger partial charge >= 0.3 is 0 Å². The molecule has 5 nitrogen and oxygen atoms in total. The number of carbonyl (C=O) groups is 1. The minimum atomic E-state index is -0.489. The van der Waals surface area contributed by atoms with Gasteiger partial charge in [-0.25, -0.2) is 0 Å². The summed E-state index contributed by atoms with van der Waals surface area (Å²) < 4.78 is 0. The van der Waals surface area contributed by atoms with Gasteiger partial charge in [0.15, 0.2) is 0 Å². The number of nitrogens with one attached hydrogen (secondary N) is 1. The molecule has 1 amide bonds. The van der Waals surface area contributed by atoms with Gasteiger partial charge in [0.2, 0.25) is 5.91 Å². The summed E-state index contributed by atoms with van der Waals surface area (Å²) in [7, 11) is 0. The zero-order valence-electron chi connectivity index (χ0n) is 8.40. The standard InChI is InChI=1S/C10H14N2O3/c1-6(12-5-9(11)15)10-7(13)3-2-4-8(10)14/h2-4,6,12-14H,5H2,1H3,(H2,11,15). The highest BCUT2D eigenvalue weighted by atomic mass is 16.3. The fraction of sp³-hybridized carbons (Fsp3) is 0.300. The number of hydrogen-bond donors (Lipinski definition) is 4. The van der Waals surface area contributed by atoms with E-state index in [1.165, 1.54) is 18.2 Å². The summed E-state index contributed by atoms with van der Waals surface area (Å²) in [6, 6.07) is 4.13. The lowest BCUT2D eigenvalue weighted by Crippen LogP contribution is -2.30. The molecule has 0 heterocycles. The molecule has 0 aliphatic heterocycles. The zero-order chi connectivity index (χ0) is 11.4. The zero-order valence-corrected chi connectivity index (χ0v) is 8.40. The first-order valence-electron chi connectivity index (χ1n) is 4.55. The smallest absolute Gasteiger partial charge is 0.231 e. The maximum atomic E-state index is 10.5. The summed E-state index contributed by atoms with van der Waals surface area (Å²) in [6.07, 6.45) is 0. The normalized spacial score (nSPS) is 12.3. The van der Waals surface area contributed by atoms with Crippen LogP contribution in [-0.2, 0) is 4.79 Å². The third kappa shape index (κ3) is 2.85. The van der Waals surface area contributed by atoms with E-state index in [2.05, 4.69) is 5.32 Å². The topological polar surface area (TPSA) is 95.6 Å². The van der Waals surface area contributed by atoms with Crippen molar-refractivity contribution in [2.45, 2.75) is 13.0 Å². The Morgan fingerprint density at radius 1 is 1.47 bits per heavy atom. The van der Waals surface area contributed by atoms with Crippen LogP contribution in [0.4, 0.5) is 0 Å². The maximum Gasteiger partial charge on any atom is 0.231 e. The molecule has 0 saturated carbocycles. The number of nitrogens with two attached hydrogens (primary N) is 1. The minimum Gasteiger partial charge on any atom is -0.507 e. The molecule has 15 heavy (non-hydrogen) atoms. The molecule has 1 rings (SSSR count). The van der Waals surface area contributed by atoms with Crippen molar-refractivity contribution in [3.05, 3.63) is 23.8 Å². The van der Waals surface area contributed by atoms with Gasteiger partial charge in [0.05, 0.1) is 12.1 Å². The predicted octanol–water partition coefficient (Wildman–Crippen LogP) is 0.234. The molecule has 0 spiro atoms. The van der Waals surface area contributed by atoms with E-state index >= 15 is 0 Å². The first-order chi connectivity index (χ1) is 7.02. The third-order valence-corrected chi connectivity index (χ3v) is 2.08. The van der Waals surface area contributed by atoms with Gasteiger partial charge in [-0.3, -0.25) is 4.79 Å². The Hall–Kier alpha value is -1.75. The lowest BCUT2D eigenvalue weighted by atomic mass is 10.1. The number of primary amides is 1. The first kappa shape index (κ1) is 11.3. The Balaban J connectivity index is 2.81. The molecule has 5 N–H and O–H groups in total. The number of hydrogen-bond acceptors (Lipinski definition) is 4. The Bertz CT molecular complexity index is 345. The minimum absolute atomic E-state index is 0.00502. The molecule has 0 bridgehead atoms. The van der Waals surface area contributed by atoms with Crippen LogP contribution in [0.1, 0.15) is 18.5 Å². The van der Waals surface area contributed by atoms with Crippen molar-refractivity contribution in [1.82, 2.24) is 5.32 Å². The van der Waals surface area contributed by atoms with E-state index in [4.69, 9.17) is 5.73 Å². The van der Waals surface area contributed by atoms with Gasteiger partial charge in [0.1, 0.15) is 11.5 Å². The van der Waals surface area contributed by atoms with Gasteiger partial charge in [-0.15, -0.1) is 0 Å². The second-order valence-corrected chi connectivity index (χ2v) is 3.28. The highest BCUT2D eigenvalue weighted by Crippen LogP contribution is 2.31. The summed E-state index contributed by atoms with van der Waals surface area (Å²) in [5.41, 5.74) is 5.33. The molecule has 1 unspecified atom stereocenters. The quantitative estimate of drug-likeness (QED) is 0.572. The van der Waals surface area contributed by atoms with E-state index in [0.717, 1.165) is 0 Å². The molecule has 82 valence electrons. The lowest BCUT2D eigenvalue weighted by molar-refractivity contribution is -0.117. The highest BCUT2D eigenvalue weighted by Gasteiger charge is 2.14. The number of phenolic OH excluding ortho intramolecular Hbond substituents is 2. The number of aromatic hydroxyl groups is 2. The molecule has 0 aliphatic carbocycles. The van der Waals surface area contributed by atoms with Crippen LogP contribution in [0, 0.1) is 0 Å². The van der Waals surface area contributed by atoms with Crippen molar-refractivity contribution in [3.63, 3.8) is 0 Å². The largest absolute Gasteiger partial charge is 0.507 e. The molecular formula is C10H14N2O3. The fourth-order valence-corrected chi connectivity index (χ4v) is 1.34. The Morgan fingerprint density at radius 2 is 2.00 bits per heavy atom. The van der Waals surface area contributed by atoms with Crippen molar-refractivity contribution < 1.29 is 15.0 Å². The number of phenols is 2. The molecule has 5 heteroatoms. The van der Waals surface area contributed by atoms with E-state index in [1.54, 1.807) is 6.92 Å². The van der Waals surface area contributed by atoms with Crippen molar-refractivity contribution in [1.29, 1.82) is 0 Å². The maximum absolute atomic E-state index is 10.5. The number of amides is 1. The van der Waals surface area contributed by atoms with Crippen molar-refractivity contribution in [3.8, 4) is 11.5 Å². The number of carbonyl (C=O) groups excluding carboxylic acids is 1. The lowest BCUT2D eigenvalue weighted by Gasteiger charge is -2.15. The molecule has 0 radical (unpaired) electrons. The number of benzene rings is 1. The monoisotopic (exact) mass is 210 g/mol. The molecule has 1 aromatic rings. The average Bonchev–Trinajstić information content (AvgIpc) is 2.14. The van der Waals surface area contributed by atoms with Crippen LogP contribution in [0.2, 0.25) is 0 Å². The van der Waals surface area contributed by atoms with Crippen LogP contribution in [0.15, 0.2) is 18.2 Å². The SMILES string of the molecule is CC(NCC(N)=O)c1c(O)cccc1O. The van der Waals surface area contributed by atoms with Crippen LogP contribution < -0.4 is 11.1 Å². The van der Waals surface area contributed by atoms with Gasteiger partial charge in [-0.05, 0) is 19.1 Å². The van der Waals surface area contributed by atoms with Crippen molar-refractivity contribution >= 4 is 5.91 Å². The summed E-state index contributed by atoms with van der Waals surface area (Å²) >= 11 is 0. The van der Waals surface area contributed by atoms with E-state index in [1.807, 2.05) is 0 Å². The van der Waals surface area contributed by atoms with E-state index in [9.17, 15) is 15.0 Å². The van der Waals surface area contributed by atoms with Crippen LogP contribution >= 0.6 is 0 Å². The van der Waals surface area contributed by atoms with Crippen molar-refractivity contribution in [2.24, 2.45) is 5.73 Å². The summed E-state index contributed by atoms with van der Waals surface area (Å²) in [6.45, 7) is 1.71. The number of rotatable bonds is 4. The second kappa shape index (κ2) is 4.65. The Morgan fingerprint density at radius 3 is 2.47 bits per heavy atom. The van der Waals surface area contributed by atoms with Crippen LogP contribution in [0.25, 0.3) is 0 Å². The van der Waals surface area contributed by atoms with Gasteiger partial charge in [0.25, 0.3) is 0 Å². The van der Waals surface area contributed by atoms with E-state index in [0.29, 0.717) is 5.56 Å². The average molecular weight is 210 g/mol. The molecule has 0 aliphatic rings. The van der Waals surface area contributed by atoms with E-state index < -0.39 is 5.91 Å². The molecule has 1 aromatic carbocycles. The molecule has 0 saturated heterocycles. The molecular weight excluding hydrogens is 196 g/mol. The van der Waals surface area contributed by atoms with Crippen LogP contribution in [-0.4, -0.2) is 22.7 Å². The van der Waals surface area contributed by atoms with Crippen LogP contribution in [0.3, 0.4) is 0 Å². The first-order valence-corrected chi connectivity index (χ1v) is 4.55. The van der Waals surface area contributed by atoms with Gasteiger partial charge in [-0.1, -0.05) is 6.07 Å². The van der Waals surface area contributed by atoms with Crippen molar-refractivity contribution in [2.75, 3.05) is 6.54 Å². The molecule has 0 fully saturated rings. The van der Waals surface area contributed by atoms with Gasteiger partial charge in [0, 0.05) is 6.04 Å². The Labute approximate surface area is 87.5 Å². The Kier molecular flexibility index (Phi) is 3.51. The fourth-order valence-electron chi connectivity index (χ4n) is 1.34. The molecule has 0 aromatic heterocycles. The summed E-state index contributed by atoms with van der Waals surface area (Å²) in [5.74, 6) is -0.518. The van der Waals surface area contributed by atoms with Crippen LogP contribution in [0.5, 0.6) is 11.5 Å². The summed E-state index contributed by atoms with van der Waals surface area (Å²) in [5, 5.41) is 21.8. The predicted molar refractivity (Wildman–Crippen MR) is 55.4 cm³/mol. The highest BCUT2D eigenvalue weighted by molar-refractivity contribution is 5.76. The van der Waals surface area contributed by atoms with E-state index in [-0.39, 0.29) is 24.1 Å². The molecule has 1 atom stereocenters. The third-order valence-electron chi connectivity index (χ3n) is 2.08. The van der Waals surface area contributed by atoms with Gasteiger partial charge in [-0.2, -0.15) is 0 Å². The van der Waals surface area contributed by atoms with Gasteiger partial charge < -0.3 is 21.3 Å². The summed E-state index contributed by atoms with van der Waals surface area (Å²) in [4.78, 5) is 10.5.